The van der Waals surface area contributed by atoms with Gasteiger partial charge >= 0.3 is 0 Å². The number of nitrogens with zero attached hydrogens (tertiary/aromatic N) is 3. The lowest BCUT2D eigenvalue weighted by Crippen LogP contribution is -2.53. The third-order valence-electron chi connectivity index (χ3n) is 7.20. The summed E-state index contributed by atoms with van der Waals surface area (Å²) in [6, 6.07) is 8.97. The molecule has 3 heterocycles. The van der Waals surface area contributed by atoms with Crippen molar-refractivity contribution in [1.29, 1.82) is 0 Å². The number of hydrogen-bond donors (Lipinski definition) is 1. The van der Waals surface area contributed by atoms with Crippen LogP contribution in [0.3, 0.4) is 0 Å². The van der Waals surface area contributed by atoms with Crippen molar-refractivity contribution >= 4 is 23.5 Å². The number of amides is 3. The Hall–Kier alpha value is -3.55. The molecule has 0 radical (unpaired) electrons. The van der Waals surface area contributed by atoms with Crippen molar-refractivity contribution in [3.05, 3.63) is 65.5 Å². The lowest BCUT2D eigenvalue weighted by atomic mass is 9.86. The van der Waals surface area contributed by atoms with Gasteiger partial charge in [0.15, 0.2) is 5.78 Å². The van der Waals surface area contributed by atoms with Gasteiger partial charge in [-0.3, -0.25) is 24.2 Å². The number of carbonyl (C=O) groups is 4. The molecule has 3 atom stereocenters. The van der Waals surface area contributed by atoms with E-state index < -0.39 is 12.1 Å². The molecule has 1 aromatic heterocycles. The minimum Gasteiger partial charge on any atom is -0.340 e. The molecule has 8 heteroatoms. The van der Waals surface area contributed by atoms with Crippen molar-refractivity contribution in [2.24, 2.45) is 5.92 Å². The topological polar surface area (TPSA) is 99.7 Å². The van der Waals surface area contributed by atoms with Crippen LogP contribution in [-0.2, 0) is 15.0 Å². The Morgan fingerprint density at radius 2 is 1.76 bits per heavy atom. The van der Waals surface area contributed by atoms with E-state index in [1.165, 1.54) is 6.20 Å². The number of hydrogen-bond acceptors (Lipinski definition) is 5. The van der Waals surface area contributed by atoms with E-state index in [-0.39, 0.29) is 47.4 Å². The van der Waals surface area contributed by atoms with Gasteiger partial charge in [-0.2, -0.15) is 0 Å². The molecule has 0 saturated carbocycles. The summed E-state index contributed by atoms with van der Waals surface area (Å²) in [5.74, 6) is -0.848. The van der Waals surface area contributed by atoms with E-state index in [2.05, 4.69) is 31.1 Å². The Morgan fingerprint density at radius 1 is 1.05 bits per heavy atom. The molecule has 2 unspecified atom stereocenters. The first-order chi connectivity index (χ1) is 17.5. The van der Waals surface area contributed by atoms with Gasteiger partial charge in [0.25, 0.3) is 11.8 Å². The van der Waals surface area contributed by atoms with Gasteiger partial charge < -0.3 is 15.1 Å². The smallest absolute Gasteiger partial charge is 0.256 e. The molecular weight excluding hydrogens is 468 g/mol. The number of fused-ring (bicyclic) bond motifs is 1. The van der Waals surface area contributed by atoms with Gasteiger partial charge in [0.2, 0.25) is 5.91 Å². The van der Waals surface area contributed by atoms with E-state index in [1.54, 1.807) is 40.3 Å². The molecule has 4 rings (SSSR count). The molecule has 0 spiro atoms. The average molecular weight is 505 g/mol. The van der Waals surface area contributed by atoms with E-state index in [4.69, 9.17) is 0 Å². The van der Waals surface area contributed by atoms with Gasteiger partial charge in [0.05, 0.1) is 18.2 Å². The summed E-state index contributed by atoms with van der Waals surface area (Å²) in [7, 11) is 0. The molecule has 3 amide bonds. The quantitative estimate of drug-likeness (QED) is 0.651. The second-order valence-electron chi connectivity index (χ2n) is 11.5. The lowest BCUT2D eigenvalue weighted by Gasteiger charge is -2.29. The van der Waals surface area contributed by atoms with Gasteiger partial charge in [0, 0.05) is 24.5 Å². The van der Waals surface area contributed by atoms with Crippen LogP contribution in [0.25, 0.3) is 0 Å². The Bertz CT molecular complexity index is 1170. The summed E-state index contributed by atoms with van der Waals surface area (Å²) in [4.78, 5) is 60.0. The Morgan fingerprint density at radius 3 is 2.35 bits per heavy atom. The van der Waals surface area contributed by atoms with E-state index in [9.17, 15) is 19.2 Å². The number of nitrogens with one attached hydrogen (secondary N) is 1. The van der Waals surface area contributed by atoms with Crippen molar-refractivity contribution in [1.82, 2.24) is 20.1 Å². The number of likely N-dealkylation sites (tertiary alicyclic amines) is 2. The highest BCUT2D eigenvalue weighted by atomic mass is 16.2. The van der Waals surface area contributed by atoms with Crippen molar-refractivity contribution in [2.45, 2.75) is 71.0 Å². The molecule has 2 saturated heterocycles. The Balaban J connectivity index is 1.50. The zero-order valence-electron chi connectivity index (χ0n) is 22.2. The van der Waals surface area contributed by atoms with E-state index in [1.807, 2.05) is 26.0 Å². The maximum absolute atomic E-state index is 13.7. The molecule has 196 valence electrons. The molecule has 1 N–H and O–H groups in total. The minimum atomic E-state index is -0.760. The molecule has 2 fully saturated rings. The number of rotatable bonds is 6. The Labute approximate surface area is 218 Å². The first kappa shape index (κ1) is 26.5. The highest BCUT2D eigenvalue weighted by Gasteiger charge is 2.52. The maximum Gasteiger partial charge on any atom is 0.256 e. The van der Waals surface area contributed by atoms with Crippen LogP contribution in [0.2, 0.25) is 0 Å². The fourth-order valence-corrected chi connectivity index (χ4v) is 5.25. The fraction of sp³-hybridized carbons (Fsp3) is 0.483. The van der Waals surface area contributed by atoms with E-state index in [0.29, 0.717) is 30.5 Å². The number of ketones is 1. The predicted molar refractivity (Wildman–Crippen MR) is 140 cm³/mol. The molecule has 2 aromatic rings. The third kappa shape index (κ3) is 5.58. The number of carbonyl (C=O) groups excluding carboxylic acids is 4. The maximum atomic E-state index is 13.7. The van der Waals surface area contributed by atoms with Crippen LogP contribution in [0, 0.1) is 5.92 Å². The van der Waals surface area contributed by atoms with Crippen molar-refractivity contribution in [3.8, 4) is 0 Å². The van der Waals surface area contributed by atoms with Crippen molar-refractivity contribution in [3.63, 3.8) is 0 Å². The summed E-state index contributed by atoms with van der Waals surface area (Å²) in [6.45, 7) is 10.6. The zero-order valence-corrected chi connectivity index (χ0v) is 22.2. The highest BCUT2D eigenvalue weighted by Crippen LogP contribution is 2.32. The number of Topliss-reactive ketones (excluding diaryl/α,β-unsaturated/α-hetero) is 1. The van der Waals surface area contributed by atoms with Crippen molar-refractivity contribution < 1.29 is 19.2 Å². The predicted octanol–water partition coefficient (Wildman–Crippen LogP) is 3.22. The summed E-state index contributed by atoms with van der Waals surface area (Å²) in [6.07, 6.45) is 4.04. The summed E-state index contributed by atoms with van der Waals surface area (Å²) >= 11 is 0. The largest absolute Gasteiger partial charge is 0.340 e. The second kappa shape index (κ2) is 10.4. The van der Waals surface area contributed by atoms with Crippen LogP contribution in [0.5, 0.6) is 0 Å². The van der Waals surface area contributed by atoms with Gasteiger partial charge in [-0.1, -0.05) is 46.8 Å². The molecule has 0 bridgehead atoms. The summed E-state index contributed by atoms with van der Waals surface area (Å²) in [5.41, 5.74) is 1.99. The molecular formula is C29H36N4O4. The van der Waals surface area contributed by atoms with Crippen LogP contribution in [0.1, 0.15) is 73.7 Å². The lowest BCUT2D eigenvalue weighted by molar-refractivity contribution is -0.138. The Kier molecular flexibility index (Phi) is 7.48. The van der Waals surface area contributed by atoms with Crippen molar-refractivity contribution in [2.75, 3.05) is 13.1 Å². The van der Waals surface area contributed by atoms with Gasteiger partial charge in [-0.05, 0) is 54.0 Å². The van der Waals surface area contributed by atoms with Crippen LogP contribution in [0.4, 0.5) is 0 Å². The molecule has 0 aliphatic carbocycles. The standard InChI is InChI=1S/C29H36N4O4/c1-18(2)15-22(31-26(35)19-8-10-21(11-9-19)29(3,4)5)28(37)32-14-12-23-25(32)24(34)17-33(23)27(36)20-7-6-13-30-16-20/h6-11,13,16,18,22-23,25H,12,14-15,17H2,1-5H3,(H,31,35)/t22-,23?,25?/m0/s1. The van der Waals surface area contributed by atoms with Crippen LogP contribution in [-0.4, -0.2) is 69.5 Å². The fourth-order valence-electron chi connectivity index (χ4n) is 5.25. The van der Waals surface area contributed by atoms with Gasteiger partial charge in [-0.25, -0.2) is 0 Å². The third-order valence-corrected chi connectivity index (χ3v) is 7.20. The summed E-state index contributed by atoms with van der Waals surface area (Å²) < 4.78 is 0. The van der Waals surface area contributed by atoms with Gasteiger partial charge in [0.1, 0.15) is 12.1 Å². The van der Waals surface area contributed by atoms with E-state index >= 15 is 0 Å². The average Bonchev–Trinajstić information content (AvgIpc) is 3.44. The number of benzene rings is 1. The van der Waals surface area contributed by atoms with Gasteiger partial charge in [-0.15, -0.1) is 0 Å². The SMILES string of the molecule is CC(C)C[C@H](NC(=O)c1ccc(C(C)(C)C)cc1)C(=O)N1CCC2C1C(=O)CN2C(=O)c1cccnc1. The van der Waals surface area contributed by atoms with E-state index in [0.717, 1.165) is 5.56 Å². The van der Waals surface area contributed by atoms with Crippen LogP contribution < -0.4 is 5.32 Å². The number of aromatic nitrogens is 1. The first-order valence-corrected chi connectivity index (χ1v) is 12.9. The summed E-state index contributed by atoms with van der Waals surface area (Å²) in [5, 5.41) is 2.92. The monoisotopic (exact) mass is 504 g/mol. The molecule has 37 heavy (non-hydrogen) atoms. The van der Waals surface area contributed by atoms with Crippen LogP contribution >= 0.6 is 0 Å². The number of pyridine rings is 1. The zero-order chi connectivity index (χ0) is 26.9. The molecule has 1 aromatic carbocycles. The minimum absolute atomic E-state index is 0.0302. The second-order valence-corrected chi connectivity index (χ2v) is 11.5. The highest BCUT2D eigenvalue weighted by molar-refractivity contribution is 6.03. The molecule has 8 nitrogen and oxygen atoms in total. The first-order valence-electron chi connectivity index (χ1n) is 12.9. The van der Waals surface area contributed by atoms with Crippen LogP contribution in [0.15, 0.2) is 48.8 Å². The normalized spacial score (nSPS) is 20.2. The molecule has 2 aliphatic rings. The molecule has 2 aliphatic heterocycles.